The molecule has 0 aromatic heterocycles. The van der Waals surface area contributed by atoms with Gasteiger partial charge in [0, 0.05) is 23.0 Å². The minimum atomic E-state index is -4.11. The van der Waals surface area contributed by atoms with Gasteiger partial charge in [-0.3, -0.25) is 14.3 Å². The van der Waals surface area contributed by atoms with Crippen molar-refractivity contribution in [2.24, 2.45) is 0 Å². The maximum Gasteiger partial charge on any atom is 0.262 e. The van der Waals surface area contributed by atoms with E-state index in [0.29, 0.717) is 18.0 Å². The molecule has 0 bridgehead atoms. The Morgan fingerprint density at radius 3 is 2.63 bits per heavy atom. The standard InChI is InChI=1S/C19H17ClFN3O4S2/c20-11-3-5-14(13(21)9-11)23-30(27,28)12-4-6-16-15(10-12)22-18(25)17(29-16)19(26)24-7-1-2-8-24/h3-6,9-10,17,23H,1-2,7-8H2,(H,22,25). The highest BCUT2D eigenvalue weighted by Gasteiger charge is 2.37. The molecule has 1 fully saturated rings. The van der Waals surface area contributed by atoms with Crippen LogP contribution in [-0.4, -0.2) is 43.5 Å². The fourth-order valence-corrected chi connectivity index (χ4v) is 5.60. The van der Waals surface area contributed by atoms with Crippen molar-refractivity contribution in [1.29, 1.82) is 0 Å². The number of benzene rings is 2. The number of rotatable bonds is 4. The first-order valence-electron chi connectivity index (χ1n) is 9.13. The Hall–Kier alpha value is -2.30. The summed E-state index contributed by atoms with van der Waals surface area (Å²) in [7, 11) is -4.11. The molecule has 2 aromatic carbocycles. The van der Waals surface area contributed by atoms with Gasteiger partial charge in [-0.1, -0.05) is 11.6 Å². The molecule has 0 spiro atoms. The smallest absolute Gasteiger partial charge is 0.262 e. The van der Waals surface area contributed by atoms with Gasteiger partial charge >= 0.3 is 0 Å². The fourth-order valence-electron chi connectivity index (χ4n) is 3.30. The van der Waals surface area contributed by atoms with Crippen molar-refractivity contribution in [3.63, 3.8) is 0 Å². The number of carbonyl (C=O) groups excluding carboxylic acids is 2. The molecule has 2 aliphatic heterocycles. The lowest BCUT2D eigenvalue weighted by Gasteiger charge is -2.27. The van der Waals surface area contributed by atoms with Crippen molar-refractivity contribution in [3.05, 3.63) is 47.2 Å². The molecule has 2 aliphatic rings. The molecule has 4 rings (SSSR count). The zero-order chi connectivity index (χ0) is 21.5. The van der Waals surface area contributed by atoms with Gasteiger partial charge < -0.3 is 10.2 Å². The lowest BCUT2D eigenvalue weighted by Crippen LogP contribution is -2.43. The molecule has 11 heteroatoms. The Morgan fingerprint density at radius 2 is 1.93 bits per heavy atom. The number of hydrogen-bond acceptors (Lipinski definition) is 5. The van der Waals surface area contributed by atoms with E-state index < -0.39 is 27.0 Å². The Kier molecular flexibility index (Phi) is 5.65. The van der Waals surface area contributed by atoms with Gasteiger partial charge in [0.2, 0.25) is 11.8 Å². The first kappa shape index (κ1) is 21.0. The van der Waals surface area contributed by atoms with E-state index in [1.807, 2.05) is 0 Å². The van der Waals surface area contributed by atoms with Crippen LogP contribution in [0.15, 0.2) is 46.2 Å². The third kappa shape index (κ3) is 4.12. The van der Waals surface area contributed by atoms with Gasteiger partial charge in [0.25, 0.3) is 10.0 Å². The minimum absolute atomic E-state index is 0.141. The summed E-state index contributed by atoms with van der Waals surface area (Å²) < 4.78 is 41.5. The monoisotopic (exact) mass is 469 g/mol. The molecule has 158 valence electrons. The molecule has 7 nitrogen and oxygen atoms in total. The summed E-state index contributed by atoms with van der Waals surface area (Å²) in [5.74, 6) is -1.54. The molecule has 2 amide bonds. The van der Waals surface area contributed by atoms with Crippen LogP contribution in [0, 0.1) is 5.82 Å². The van der Waals surface area contributed by atoms with Crippen LogP contribution in [0.4, 0.5) is 15.8 Å². The maximum atomic E-state index is 14.0. The average Bonchev–Trinajstić information content (AvgIpc) is 3.23. The number of hydrogen-bond donors (Lipinski definition) is 2. The predicted molar refractivity (Wildman–Crippen MR) is 113 cm³/mol. The van der Waals surface area contributed by atoms with E-state index in [1.54, 1.807) is 4.90 Å². The molecule has 2 heterocycles. The Balaban J connectivity index is 1.56. The maximum absolute atomic E-state index is 14.0. The highest BCUT2D eigenvalue weighted by molar-refractivity contribution is 8.01. The van der Waals surface area contributed by atoms with E-state index >= 15 is 0 Å². The van der Waals surface area contributed by atoms with Gasteiger partial charge in [-0.05, 0) is 49.2 Å². The molecule has 2 aromatic rings. The van der Waals surface area contributed by atoms with E-state index in [-0.39, 0.29) is 27.2 Å². The topological polar surface area (TPSA) is 95.6 Å². The van der Waals surface area contributed by atoms with Crippen LogP contribution in [0.5, 0.6) is 0 Å². The summed E-state index contributed by atoms with van der Waals surface area (Å²) in [6.07, 6.45) is 1.84. The van der Waals surface area contributed by atoms with Crippen molar-refractivity contribution >= 4 is 56.6 Å². The Bertz CT molecular complexity index is 1140. The molecule has 1 atom stereocenters. The second-order valence-electron chi connectivity index (χ2n) is 6.91. The number of fused-ring (bicyclic) bond motifs is 1. The fraction of sp³-hybridized carbons (Fsp3) is 0.263. The van der Waals surface area contributed by atoms with Gasteiger partial charge in [0.15, 0.2) is 5.25 Å². The number of nitrogens with one attached hydrogen (secondary N) is 2. The van der Waals surface area contributed by atoms with E-state index in [4.69, 9.17) is 11.6 Å². The molecule has 30 heavy (non-hydrogen) atoms. The SMILES string of the molecule is O=C1Nc2cc(S(=O)(=O)Nc3ccc(Cl)cc3F)ccc2SC1C(=O)N1CCCC1. The normalized spacial score (nSPS) is 18.7. The predicted octanol–water partition coefficient (Wildman–Crippen LogP) is 3.32. The Labute approximate surface area is 182 Å². The van der Waals surface area contributed by atoms with Crippen molar-refractivity contribution in [2.45, 2.75) is 27.9 Å². The molecule has 0 radical (unpaired) electrons. The third-order valence-electron chi connectivity index (χ3n) is 4.82. The van der Waals surface area contributed by atoms with Crippen molar-refractivity contribution < 1.29 is 22.4 Å². The number of anilines is 2. The van der Waals surface area contributed by atoms with Crippen LogP contribution in [-0.2, 0) is 19.6 Å². The second kappa shape index (κ2) is 8.09. The summed E-state index contributed by atoms with van der Waals surface area (Å²) in [6.45, 7) is 1.28. The van der Waals surface area contributed by atoms with Gasteiger partial charge in [-0.25, -0.2) is 12.8 Å². The van der Waals surface area contributed by atoms with Crippen LogP contribution in [0.2, 0.25) is 5.02 Å². The van der Waals surface area contributed by atoms with Crippen LogP contribution in [0.25, 0.3) is 0 Å². The van der Waals surface area contributed by atoms with Gasteiger partial charge in [0.05, 0.1) is 16.3 Å². The number of halogens is 2. The molecule has 1 unspecified atom stereocenters. The molecule has 0 aliphatic carbocycles. The van der Waals surface area contributed by atoms with Gasteiger partial charge in [0.1, 0.15) is 5.82 Å². The summed E-state index contributed by atoms with van der Waals surface area (Å²) in [6, 6.07) is 7.74. The highest BCUT2D eigenvalue weighted by Crippen LogP contribution is 2.38. The highest BCUT2D eigenvalue weighted by atomic mass is 35.5. The number of carbonyl (C=O) groups is 2. The minimum Gasteiger partial charge on any atom is -0.341 e. The van der Waals surface area contributed by atoms with Crippen LogP contribution in [0.3, 0.4) is 0 Å². The second-order valence-corrected chi connectivity index (χ2v) is 10.2. The van der Waals surface area contributed by atoms with E-state index in [9.17, 15) is 22.4 Å². The first-order chi connectivity index (χ1) is 14.2. The molecule has 0 saturated carbocycles. The summed E-state index contributed by atoms with van der Waals surface area (Å²) in [5.41, 5.74) is 0.0433. The van der Waals surface area contributed by atoms with E-state index in [2.05, 4.69) is 10.0 Å². The number of sulfonamides is 1. The van der Waals surface area contributed by atoms with E-state index in [1.165, 1.54) is 30.3 Å². The quantitative estimate of drug-likeness (QED) is 0.670. The largest absolute Gasteiger partial charge is 0.341 e. The number of amides is 2. The lowest BCUT2D eigenvalue weighted by atomic mass is 10.2. The number of thioether (sulfide) groups is 1. The van der Waals surface area contributed by atoms with Crippen molar-refractivity contribution in [2.75, 3.05) is 23.1 Å². The van der Waals surface area contributed by atoms with Crippen LogP contribution < -0.4 is 10.0 Å². The molecular formula is C19H17ClFN3O4S2. The third-order valence-corrected chi connectivity index (χ3v) is 7.68. The lowest BCUT2D eigenvalue weighted by molar-refractivity contribution is -0.133. The molecule has 2 N–H and O–H groups in total. The zero-order valence-corrected chi connectivity index (χ0v) is 17.9. The molecular weight excluding hydrogens is 453 g/mol. The molecule has 1 saturated heterocycles. The average molecular weight is 470 g/mol. The summed E-state index contributed by atoms with van der Waals surface area (Å²) in [4.78, 5) is 27.2. The van der Waals surface area contributed by atoms with Crippen molar-refractivity contribution in [3.8, 4) is 0 Å². The first-order valence-corrected chi connectivity index (χ1v) is 11.9. The zero-order valence-electron chi connectivity index (χ0n) is 15.5. The Morgan fingerprint density at radius 1 is 1.20 bits per heavy atom. The van der Waals surface area contributed by atoms with Crippen molar-refractivity contribution in [1.82, 2.24) is 4.90 Å². The van der Waals surface area contributed by atoms with Gasteiger partial charge in [-0.15, -0.1) is 11.8 Å². The number of nitrogens with zero attached hydrogens (tertiary/aromatic N) is 1. The summed E-state index contributed by atoms with van der Waals surface area (Å²) >= 11 is 6.78. The van der Waals surface area contributed by atoms with Gasteiger partial charge in [-0.2, -0.15) is 0 Å². The van der Waals surface area contributed by atoms with Crippen LogP contribution in [0.1, 0.15) is 12.8 Å². The number of likely N-dealkylation sites (tertiary alicyclic amines) is 1. The van der Waals surface area contributed by atoms with Crippen LogP contribution >= 0.6 is 23.4 Å². The summed E-state index contributed by atoms with van der Waals surface area (Å²) in [5, 5.41) is 1.86. The van der Waals surface area contributed by atoms with E-state index in [0.717, 1.165) is 30.7 Å².